The van der Waals surface area contributed by atoms with Gasteiger partial charge in [0.05, 0.1) is 0 Å². The van der Waals surface area contributed by atoms with Crippen LogP contribution in [0.1, 0.15) is 6.92 Å². The number of carbonyl (C=O) groups is 1. The van der Waals surface area contributed by atoms with Gasteiger partial charge in [0.1, 0.15) is 6.61 Å². The Hall–Kier alpha value is -0.870. The van der Waals surface area contributed by atoms with Gasteiger partial charge >= 0.3 is 5.97 Å². The molecule has 0 radical (unpaired) electrons. The maximum Gasteiger partial charge on any atom is 0.333 e. The molecule has 0 bridgehead atoms. The van der Waals surface area contributed by atoms with Crippen LogP contribution in [-0.2, 0) is 9.53 Å². The van der Waals surface area contributed by atoms with Gasteiger partial charge in [-0.05, 0) is 21.0 Å². The van der Waals surface area contributed by atoms with Crippen LogP contribution in [0.5, 0.6) is 0 Å². The molecule has 0 saturated carbocycles. The molecular formula is C8H18N2O2. The molecule has 4 nitrogen and oxygen atoms in total. The fraction of sp³-hybridized carbons (Fsp3) is 0.625. The van der Waals surface area contributed by atoms with Crippen molar-refractivity contribution >= 4 is 5.97 Å². The third-order valence-electron chi connectivity index (χ3n) is 0.699. The number of hydrogen-bond acceptors (Lipinski definition) is 4. The second-order valence-corrected chi connectivity index (χ2v) is 2.20. The van der Waals surface area contributed by atoms with Gasteiger partial charge in [-0.2, -0.15) is 0 Å². The zero-order chi connectivity index (χ0) is 9.98. The highest BCUT2D eigenvalue weighted by Gasteiger charge is 1.99. The van der Waals surface area contributed by atoms with Crippen molar-refractivity contribution in [2.45, 2.75) is 6.92 Å². The Kier molecular flexibility index (Phi) is 11.6. The lowest BCUT2D eigenvalue weighted by Crippen LogP contribution is -2.13. The number of nitrogens with two attached hydrogens (primary N) is 1. The van der Waals surface area contributed by atoms with E-state index in [1.54, 1.807) is 6.92 Å². The van der Waals surface area contributed by atoms with Gasteiger partial charge < -0.3 is 15.8 Å². The van der Waals surface area contributed by atoms with Crippen molar-refractivity contribution in [3.8, 4) is 0 Å². The maximum absolute atomic E-state index is 10.5. The zero-order valence-corrected chi connectivity index (χ0v) is 8.02. The van der Waals surface area contributed by atoms with Crippen molar-refractivity contribution < 1.29 is 9.53 Å². The number of rotatable bonds is 3. The van der Waals surface area contributed by atoms with E-state index in [2.05, 4.69) is 16.6 Å². The number of hydrogen-bond donors (Lipinski definition) is 2. The summed E-state index contributed by atoms with van der Waals surface area (Å²) in [5.41, 5.74) is 5.48. The highest BCUT2D eigenvalue weighted by atomic mass is 16.5. The summed E-state index contributed by atoms with van der Waals surface area (Å²) in [4.78, 5) is 10.5. The fourth-order valence-corrected chi connectivity index (χ4v) is 0.275. The summed E-state index contributed by atoms with van der Waals surface area (Å²) < 4.78 is 4.59. The molecule has 3 N–H and O–H groups in total. The maximum atomic E-state index is 10.5. The van der Waals surface area contributed by atoms with Gasteiger partial charge in [0.25, 0.3) is 0 Å². The van der Waals surface area contributed by atoms with Crippen molar-refractivity contribution in [1.29, 1.82) is 0 Å². The van der Waals surface area contributed by atoms with Crippen molar-refractivity contribution in [1.82, 2.24) is 5.32 Å². The lowest BCUT2D eigenvalue weighted by Gasteiger charge is -1.99. The van der Waals surface area contributed by atoms with Gasteiger partial charge in [-0.3, -0.25) is 0 Å². The number of nitrogens with one attached hydrogen (secondary N) is 1. The van der Waals surface area contributed by atoms with Crippen molar-refractivity contribution in [3.05, 3.63) is 12.2 Å². The first kappa shape index (κ1) is 13.7. The molecule has 12 heavy (non-hydrogen) atoms. The molecule has 0 aromatic carbocycles. The molecule has 72 valence electrons. The Morgan fingerprint density at radius 2 is 2.00 bits per heavy atom. The molecule has 4 heteroatoms. The number of ether oxygens (including phenoxy) is 1. The van der Waals surface area contributed by atoms with Gasteiger partial charge in [-0.15, -0.1) is 0 Å². The minimum Gasteiger partial charge on any atom is -0.461 e. The smallest absolute Gasteiger partial charge is 0.333 e. The molecule has 0 fully saturated rings. The second kappa shape index (κ2) is 10.1. The van der Waals surface area contributed by atoms with E-state index in [1.165, 1.54) is 0 Å². The van der Waals surface area contributed by atoms with Crippen LogP contribution in [-0.4, -0.2) is 33.2 Å². The van der Waals surface area contributed by atoms with Crippen molar-refractivity contribution in [3.63, 3.8) is 0 Å². The molecule has 0 saturated heterocycles. The Morgan fingerprint density at radius 3 is 2.25 bits per heavy atom. The van der Waals surface area contributed by atoms with E-state index in [9.17, 15) is 4.79 Å². The summed E-state index contributed by atoms with van der Waals surface area (Å²) in [5.74, 6) is -0.375. The molecule has 0 spiro atoms. The minimum absolute atomic E-state index is 0.270. The third-order valence-corrected chi connectivity index (χ3v) is 0.699. The molecular weight excluding hydrogens is 156 g/mol. The Labute approximate surface area is 73.8 Å². The van der Waals surface area contributed by atoms with Gasteiger partial charge in [0.15, 0.2) is 0 Å². The van der Waals surface area contributed by atoms with Gasteiger partial charge in [-0.25, -0.2) is 4.79 Å². The molecule has 0 amide bonds. The molecule has 0 aliphatic heterocycles. The van der Waals surface area contributed by atoms with E-state index in [1.807, 2.05) is 14.1 Å². The fourth-order valence-electron chi connectivity index (χ4n) is 0.275. The van der Waals surface area contributed by atoms with Crippen LogP contribution in [0.15, 0.2) is 12.2 Å². The summed E-state index contributed by atoms with van der Waals surface area (Å²) in [5, 5.41) is 2.75. The molecule has 0 aliphatic rings. The molecule has 0 aromatic rings. The molecule has 0 rings (SSSR count). The molecule has 0 heterocycles. The van der Waals surface area contributed by atoms with Gasteiger partial charge in [0.2, 0.25) is 0 Å². The van der Waals surface area contributed by atoms with E-state index in [0.717, 1.165) is 0 Å². The SMILES string of the molecule is C=C(C)C(=O)OCCN.CNC. The Morgan fingerprint density at radius 1 is 1.58 bits per heavy atom. The van der Waals surface area contributed by atoms with Crippen LogP contribution in [0.4, 0.5) is 0 Å². The normalized spacial score (nSPS) is 8.00. The predicted octanol–water partition coefficient (Wildman–Crippen LogP) is -0.1000. The summed E-state index contributed by atoms with van der Waals surface area (Å²) in [6.07, 6.45) is 0. The second-order valence-electron chi connectivity index (χ2n) is 2.20. The minimum atomic E-state index is -0.375. The van der Waals surface area contributed by atoms with Crippen LogP contribution in [0.25, 0.3) is 0 Å². The predicted molar refractivity (Wildman–Crippen MR) is 49.8 cm³/mol. The largest absolute Gasteiger partial charge is 0.461 e. The average Bonchev–Trinajstić information content (AvgIpc) is 2.01. The monoisotopic (exact) mass is 174 g/mol. The first-order chi connectivity index (χ1) is 5.59. The van der Waals surface area contributed by atoms with Gasteiger partial charge in [-0.1, -0.05) is 6.58 Å². The first-order valence-corrected chi connectivity index (χ1v) is 3.71. The highest BCUT2D eigenvalue weighted by molar-refractivity contribution is 5.86. The molecule has 0 unspecified atom stereocenters. The molecule has 0 aromatic heterocycles. The average molecular weight is 174 g/mol. The Balaban J connectivity index is 0. The van der Waals surface area contributed by atoms with E-state index < -0.39 is 0 Å². The quantitative estimate of drug-likeness (QED) is 0.463. The van der Waals surface area contributed by atoms with Crippen molar-refractivity contribution in [2.24, 2.45) is 5.73 Å². The van der Waals surface area contributed by atoms with Gasteiger partial charge in [0, 0.05) is 12.1 Å². The summed E-state index contributed by atoms with van der Waals surface area (Å²) in [7, 11) is 3.75. The first-order valence-electron chi connectivity index (χ1n) is 3.71. The van der Waals surface area contributed by atoms with Crippen LogP contribution in [0.2, 0.25) is 0 Å². The van der Waals surface area contributed by atoms with E-state index in [0.29, 0.717) is 12.1 Å². The lowest BCUT2D eigenvalue weighted by molar-refractivity contribution is -0.138. The summed E-state index contributed by atoms with van der Waals surface area (Å²) in [6, 6.07) is 0. The van der Waals surface area contributed by atoms with Crippen LogP contribution in [0.3, 0.4) is 0 Å². The van der Waals surface area contributed by atoms with E-state index in [4.69, 9.17) is 5.73 Å². The topological polar surface area (TPSA) is 64.3 Å². The van der Waals surface area contributed by atoms with E-state index >= 15 is 0 Å². The van der Waals surface area contributed by atoms with E-state index in [-0.39, 0.29) is 12.6 Å². The third kappa shape index (κ3) is 11.9. The highest BCUT2D eigenvalue weighted by Crippen LogP contribution is 1.89. The van der Waals surface area contributed by atoms with Crippen molar-refractivity contribution in [2.75, 3.05) is 27.2 Å². The Bertz CT molecular complexity index is 135. The van der Waals surface area contributed by atoms with Crippen LogP contribution in [0, 0.1) is 0 Å². The summed E-state index contributed by atoms with van der Waals surface area (Å²) in [6.45, 7) is 5.62. The van der Waals surface area contributed by atoms with Crippen LogP contribution >= 0.6 is 0 Å². The molecule has 0 aliphatic carbocycles. The lowest BCUT2D eigenvalue weighted by atomic mass is 10.4. The standard InChI is InChI=1S/C6H11NO2.C2H7N/c1-5(2)6(8)9-4-3-7;1-3-2/h1,3-4,7H2,2H3;3H,1-2H3. The number of carbonyl (C=O) groups excluding carboxylic acids is 1. The molecule has 0 atom stereocenters. The number of esters is 1. The summed E-state index contributed by atoms with van der Waals surface area (Å²) >= 11 is 0. The van der Waals surface area contributed by atoms with Crippen LogP contribution < -0.4 is 11.1 Å². The zero-order valence-electron chi connectivity index (χ0n) is 8.02.